The Labute approximate surface area is 138 Å². The number of ether oxygens (including phenoxy) is 1. The highest BCUT2D eigenvalue weighted by Gasteiger charge is 2.16. The van der Waals surface area contributed by atoms with Gasteiger partial charge in [-0.05, 0) is 31.2 Å². The molecule has 2 rings (SSSR count). The van der Waals surface area contributed by atoms with E-state index in [2.05, 4.69) is 5.32 Å². The molecular weight excluding hydrogens is 320 g/mol. The molecule has 0 radical (unpaired) electrons. The number of methoxy groups -OCH3 is 1. The van der Waals surface area contributed by atoms with Crippen molar-refractivity contribution in [2.75, 3.05) is 12.4 Å². The van der Waals surface area contributed by atoms with Crippen molar-refractivity contribution < 1.29 is 14.5 Å². The summed E-state index contributed by atoms with van der Waals surface area (Å²) in [6, 6.07) is 9.55. The van der Waals surface area contributed by atoms with Crippen molar-refractivity contribution in [2.45, 2.75) is 13.3 Å². The average Bonchev–Trinajstić information content (AvgIpc) is 2.49. The number of carbonyl (C=O) groups is 1. The molecule has 0 saturated carbocycles. The van der Waals surface area contributed by atoms with Crippen molar-refractivity contribution in [3.8, 4) is 5.75 Å². The van der Waals surface area contributed by atoms with Crippen molar-refractivity contribution in [2.24, 2.45) is 0 Å². The second-order valence-electron chi connectivity index (χ2n) is 4.89. The van der Waals surface area contributed by atoms with Crippen LogP contribution in [0.25, 0.3) is 0 Å². The highest BCUT2D eigenvalue weighted by molar-refractivity contribution is 6.30. The zero-order valence-corrected chi connectivity index (χ0v) is 13.4. The predicted octanol–water partition coefficient (Wildman–Crippen LogP) is 3.75. The molecule has 0 unspecified atom stereocenters. The summed E-state index contributed by atoms with van der Waals surface area (Å²) >= 11 is 5.94. The van der Waals surface area contributed by atoms with Crippen molar-refractivity contribution in [1.29, 1.82) is 0 Å². The van der Waals surface area contributed by atoms with E-state index in [0.717, 1.165) is 0 Å². The molecule has 0 bridgehead atoms. The van der Waals surface area contributed by atoms with E-state index in [1.54, 1.807) is 31.2 Å². The first-order chi connectivity index (χ1) is 10.9. The van der Waals surface area contributed by atoms with E-state index in [-0.39, 0.29) is 18.0 Å². The Morgan fingerprint density at radius 3 is 2.74 bits per heavy atom. The maximum atomic E-state index is 12.2. The number of anilines is 1. The van der Waals surface area contributed by atoms with Gasteiger partial charge in [-0.15, -0.1) is 0 Å². The number of halogens is 1. The Morgan fingerprint density at radius 1 is 1.35 bits per heavy atom. The van der Waals surface area contributed by atoms with Crippen LogP contribution in [0.3, 0.4) is 0 Å². The molecule has 0 heterocycles. The van der Waals surface area contributed by atoms with Gasteiger partial charge in [0.2, 0.25) is 5.91 Å². The first-order valence-electron chi connectivity index (χ1n) is 6.78. The lowest BCUT2D eigenvalue weighted by Gasteiger charge is -2.11. The number of amides is 1. The third kappa shape index (κ3) is 3.98. The maximum Gasteiger partial charge on any atom is 0.274 e. The summed E-state index contributed by atoms with van der Waals surface area (Å²) in [5.74, 6) is 0.245. The molecule has 2 aromatic carbocycles. The van der Waals surface area contributed by atoms with Gasteiger partial charge in [-0.25, -0.2) is 0 Å². The fourth-order valence-corrected chi connectivity index (χ4v) is 2.40. The van der Waals surface area contributed by atoms with Gasteiger partial charge in [0.25, 0.3) is 5.69 Å². The number of nitro benzene ring substituents is 1. The van der Waals surface area contributed by atoms with E-state index in [9.17, 15) is 14.9 Å². The van der Waals surface area contributed by atoms with Crippen LogP contribution in [-0.4, -0.2) is 17.9 Å². The molecule has 0 saturated heterocycles. The van der Waals surface area contributed by atoms with Gasteiger partial charge in [-0.2, -0.15) is 0 Å². The highest BCUT2D eigenvalue weighted by atomic mass is 35.5. The largest absolute Gasteiger partial charge is 0.496 e. The van der Waals surface area contributed by atoms with E-state index in [1.165, 1.54) is 19.2 Å². The van der Waals surface area contributed by atoms with E-state index >= 15 is 0 Å². The number of hydrogen-bond donors (Lipinski definition) is 1. The second-order valence-corrected chi connectivity index (χ2v) is 5.32. The highest BCUT2D eigenvalue weighted by Crippen LogP contribution is 2.26. The lowest BCUT2D eigenvalue weighted by molar-refractivity contribution is -0.385. The van der Waals surface area contributed by atoms with Crippen molar-refractivity contribution >= 4 is 28.9 Å². The van der Waals surface area contributed by atoms with Gasteiger partial charge < -0.3 is 10.1 Å². The van der Waals surface area contributed by atoms with Crippen LogP contribution in [0.15, 0.2) is 36.4 Å². The Hall–Kier alpha value is -2.60. The summed E-state index contributed by atoms with van der Waals surface area (Å²) in [5, 5.41) is 14.1. The molecule has 0 spiro atoms. The van der Waals surface area contributed by atoms with Gasteiger partial charge in [0.05, 0.1) is 29.7 Å². The standard InChI is InChI=1S/C16H15ClN2O4/c1-10-13(4-3-5-14(10)19(21)22)18-16(20)9-11-8-12(17)6-7-15(11)23-2/h3-8H,9H2,1-2H3,(H,18,20). The Bertz CT molecular complexity index is 762. The zero-order valence-electron chi connectivity index (χ0n) is 12.6. The lowest BCUT2D eigenvalue weighted by Crippen LogP contribution is -2.16. The Kier molecular flexibility index (Phi) is 5.18. The molecule has 0 aliphatic rings. The van der Waals surface area contributed by atoms with Crippen molar-refractivity contribution in [3.63, 3.8) is 0 Å². The van der Waals surface area contributed by atoms with E-state index < -0.39 is 4.92 Å². The minimum absolute atomic E-state index is 0.0388. The molecule has 0 atom stereocenters. The molecule has 0 aromatic heterocycles. The molecule has 2 aromatic rings. The molecule has 120 valence electrons. The minimum atomic E-state index is -0.481. The van der Waals surface area contributed by atoms with Crippen LogP contribution in [0.4, 0.5) is 11.4 Å². The SMILES string of the molecule is COc1ccc(Cl)cc1CC(=O)Nc1cccc([N+](=O)[O-])c1C. The first-order valence-corrected chi connectivity index (χ1v) is 7.16. The summed E-state index contributed by atoms with van der Waals surface area (Å²) in [4.78, 5) is 22.7. The van der Waals surface area contributed by atoms with Crippen LogP contribution in [0.2, 0.25) is 5.02 Å². The quantitative estimate of drug-likeness (QED) is 0.667. The van der Waals surface area contributed by atoms with Crippen LogP contribution in [-0.2, 0) is 11.2 Å². The van der Waals surface area contributed by atoms with Gasteiger partial charge in [0.15, 0.2) is 0 Å². The normalized spacial score (nSPS) is 10.2. The Morgan fingerprint density at radius 2 is 2.09 bits per heavy atom. The third-order valence-corrected chi connectivity index (χ3v) is 3.60. The summed E-state index contributed by atoms with van der Waals surface area (Å²) in [6.07, 6.45) is 0.0475. The number of nitrogens with one attached hydrogen (secondary N) is 1. The van der Waals surface area contributed by atoms with Gasteiger partial charge in [0.1, 0.15) is 5.75 Å². The topological polar surface area (TPSA) is 81.5 Å². The van der Waals surface area contributed by atoms with Crippen LogP contribution in [0.1, 0.15) is 11.1 Å². The smallest absolute Gasteiger partial charge is 0.274 e. The van der Waals surface area contributed by atoms with Gasteiger partial charge in [-0.3, -0.25) is 14.9 Å². The number of benzene rings is 2. The van der Waals surface area contributed by atoms with Gasteiger partial charge >= 0.3 is 0 Å². The van der Waals surface area contributed by atoms with Crippen molar-refractivity contribution in [1.82, 2.24) is 0 Å². The molecule has 7 heteroatoms. The third-order valence-electron chi connectivity index (χ3n) is 3.37. The van der Waals surface area contributed by atoms with Crippen LogP contribution in [0.5, 0.6) is 5.75 Å². The molecule has 23 heavy (non-hydrogen) atoms. The number of nitrogens with zero attached hydrogens (tertiary/aromatic N) is 1. The maximum absolute atomic E-state index is 12.2. The molecule has 1 amide bonds. The molecular formula is C16H15ClN2O4. The summed E-state index contributed by atoms with van der Waals surface area (Å²) in [7, 11) is 1.51. The molecule has 1 N–H and O–H groups in total. The fraction of sp³-hybridized carbons (Fsp3) is 0.188. The average molecular weight is 335 g/mol. The molecule has 0 aliphatic heterocycles. The minimum Gasteiger partial charge on any atom is -0.496 e. The summed E-state index contributed by atoms with van der Waals surface area (Å²) in [6.45, 7) is 1.59. The van der Waals surface area contributed by atoms with Crippen LogP contribution in [0, 0.1) is 17.0 Å². The van der Waals surface area contributed by atoms with Crippen LogP contribution < -0.4 is 10.1 Å². The number of nitro groups is 1. The molecule has 0 aliphatic carbocycles. The molecule has 6 nitrogen and oxygen atoms in total. The fourth-order valence-electron chi connectivity index (χ4n) is 2.21. The number of rotatable bonds is 5. The number of carbonyl (C=O) groups excluding carboxylic acids is 1. The molecule has 0 fully saturated rings. The first kappa shape index (κ1) is 16.8. The van der Waals surface area contributed by atoms with Crippen LogP contribution >= 0.6 is 11.6 Å². The lowest BCUT2D eigenvalue weighted by atomic mass is 10.1. The monoisotopic (exact) mass is 334 g/mol. The van der Waals surface area contributed by atoms with E-state index in [4.69, 9.17) is 16.3 Å². The van der Waals surface area contributed by atoms with E-state index in [1.807, 2.05) is 0 Å². The van der Waals surface area contributed by atoms with Gasteiger partial charge in [0, 0.05) is 16.7 Å². The summed E-state index contributed by atoms with van der Waals surface area (Å²) in [5.41, 5.74) is 1.41. The van der Waals surface area contributed by atoms with Gasteiger partial charge in [-0.1, -0.05) is 17.7 Å². The second kappa shape index (κ2) is 7.11. The van der Waals surface area contributed by atoms with Crippen molar-refractivity contribution in [3.05, 3.63) is 62.7 Å². The zero-order chi connectivity index (χ0) is 17.0. The predicted molar refractivity (Wildman–Crippen MR) is 88.2 cm³/mol. The van der Waals surface area contributed by atoms with E-state index in [0.29, 0.717) is 27.6 Å². The summed E-state index contributed by atoms with van der Waals surface area (Å²) < 4.78 is 5.20. The number of hydrogen-bond acceptors (Lipinski definition) is 4. The Balaban J connectivity index is 2.19.